The van der Waals surface area contributed by atoms with Crippen molar-refractivity contribution >= 4 is 10.8 Å². The Labute approximate surface area is 149 Å². The van der Waals surface area contributed by atoms with Crippen LogP contribution in [0.5, 0.6) is 0 Å². The molecule has 122 valence electrons. The topological polar surface area (TPSA) is 53.8 Å². The second kappa shape index (κ2) is 7.69. The Balaban J connectivity index is 2.29. The Morgan fingerprint density at radius 3 is 2.20 bits per heavy atom. The summed E-state index contributed by atoms with van der Waals surface area (Å²) in [6.45, 7) is 3.64. The van der Waals surface area contributed by atoms with Gasteiger partial charge in [-0.3, -0.25) is 4.21 Å². The largest absolute Gasteiger partial charge is 0.252 e. The first-order valence-corrected chi connectivity index (χ1v) is 9.11. The van der Waals surface area contributed by atoms with Crippen molar-refractivity contribution in [2.75, 3.05) is 5.75 Å². The first-order chi connectivity index (χ1) is 12.2. The molecule has 1 aromatic heterocycles. The van der Waals surface area contributed by atoms with E-state index in [-0.39, 0.29) is 5.75 Å². The van der Waals surface area contributed by atoms with Crippen LogP contribution in [0.25, 0.3) is 22.4 Å². The molecule has 0 radical (unpaired) electrons. The van der Waals surface area contributed by atoms with E-state index < -0.39 is 10.8 Å². The van der Waals surface area contributed by atoms with Crippen molar-refractivity contribution in [3.8, 4) is 28.5 Å². The molecule has 1 unspecified atom stereocenters. The number of pyridine rings is 1. The molecule has 4 heteroatoms. The highest BCUT2D eigenvalue weighted by molar-refractivity contribution is 7.85. The van der Waals surface area contributed by atoms with Crippen LogP contribution in [0.1, 0.15) is 5.56 Å². The maximum atomic E-state index is 12.6. The van der Waals surface area contributed by atoms with E-state index in [0.717, 1.165) is 16.7 Å². The molecule has 0 spiro atoms. The summed E-state index contributed by atoms with van der Waals surface area (Å²) in [6.07, 6.45) is 1.58. The van der Waals surface area contributed by atoms with E-state index in [1.165, 1.54) is 0 Å². The molecule has 3 aromatic rings. The number of rotatable bonds is 5. The molecule has 0 saturated carbocycles. The molecule has 2 aromatic carbocycles. The highest BCUT2D eigenvalue weighted by Gasteiger charge is 2.18. The van der Waals surface area contributed by atoms with Crippen molar-refractivity contribution < 1.29 is 4.21 Å². The Morgan fingerprint density at radius 2 is 1.64 bits per heavy atom. The van der Waals surface area contributed by atoms with Gasteiger partial charge in [-0.1, -0.05) is 66.7 Å². The van der Waals surface area contributed by atoms with E-state index in [2.05, 4.69) is 17.6 Å². The first-order valence-electron chi connectivity index (χ1n) is 7.80. The van der Waals surface area contributed by atoms with E-state index in [1.54, 1.807) is 6.08 Å². The van der Waals surface area contributed by atoms with E-state index in [1.807, 2.05) is 66.7 Å². The zero-order valence-electron chi connectivity index (χ0n) is 13.6. The van der Waals surface area contributed by atoms with E-state index in [4.69, 9.17) is 0 Å². The van der Waals surface area contributed by atoms with Crippen LogP contribution in [0.2, 0.25) is 0 Å². The first kappa shape index (κ1) is 16.8. The number of aromatic nitrogens is 1. The van der Waals surface area contributed by atoms with Gasteiger partial charge in [0.15, 0.2) is 0 Å². The predicted molar refractivity (Wildman–Crippen MR) is 101 cm³/mol. The minimum absolute atomic E-state index is 0.258. The second-order valence-corrected chi connectivity index (χ2v) is 6.79. The summed E-state index contributed by atoms with van der Waals surface area (Å²) in [5.74, 6) is 0.258. The summed E-state index contributed by atoms with van der Waals surface area (Å²) in [4.78, 5) is 4.55. The molecule has 0 aliphatic carbocycles. The fourth-order valence-electron chi connectivity index (χ4n) is 2.58. The maximum absolute atomic E-state index is 12.6. The quantitative estimate of drug-likeness (QED) is 0.637. The molecule has 0 saturated heterocycles. The standard InChI is InChI=1S/C21H16N2OS/c1-2-13-25(24)21-19(15-22)18(16-9-5-3-6-10-16)14-20(23-21)17-11-7-4-8-12-17/h2-12,14H,1,13H2. The van der Waals surface area contributed by atoms with Crippen LogP contribution >= 0.6 is 0 Å². The zero-order chi connectivity index (χ0) is 17.6. The van der Waals surface area contributed by atoms with Gasteiger partial charge < -0.3 is 0 Å². The van der Waals surface area contributed by atoms with Gasteiger partial charge in [-0.25, -0.2) is 4.98 Å². The highest BCUT2D eigenvalue weighted by Crippen LogP contribution is 2.31. The van der Waals surface area contributed by atoms with Crippen LogP contribution in [0.4, 0.5) is 0 Å². The summed E-state index contributed by atoms with van der Waals surface area (Å²) in [6, 6.07) is 23.4. The van der Waals surface area contributed by atoms with Crippen molar-refractivity contribution in [1.29, 1.82) is 5.26 Å². The minimum atomic E-state index is -1.41. The second-order valence-electron chi connectivity index (χ2n) is 5.38. The molecular formula is C21H16N2OS. The number of hydrogen-bond acceptors (Lipinski definition) is 3. The van der Waals surface area contributed by atoms with Crippen molar-refractivity contribution in [3.63, 3.8) is 0 Å². The summed E-state index contributed by atoms with van der Waals surface area (Å²) in [5.41, 5.74) is 3.61. The maximum Gasteiger partial charge on any atom is 0.146 e. The van der Waals surface area contributed by atoms with Gasteiger partial charge in [-0.15, -0.1) is 6.58 Å². The SMILES string of the molecule is C=CCS(=O)c1nc(-c2ccccc2)cc(-c2ccccc2)c1C#N. The smallest absolute Gasteiger partial charge is 0.146 e. The molecule has 0 fully saturated rings. The normalized spacial score (nSPS) is 11.5. The summed E-state index contributed by atoms with van der Waals surface area (Å²) >= 11 is 0. The molecule has 0 aliphatic rings. The summed E-state index contributed by atoms with van der Waals surface area (Å²) in [5, 5.41) is 10.00. The van der Waals surface area contributed by atoms with E-state index in [0.29, 0.717) is 16.3 Å². The third-order valence-corrected chi connectivity index (χ3v) is 5.00. The zero-order valence-corrected chi connectivity index (χ0v) is 14.4. The van der Waals surface area contributed by atoms with E-state index >= 15 is 0 Å². The minimum Gasteiger partial charge on any atom is -0.252 e. The monoisotopic (exact) mass is 344 g/mol. The van der Waals surface area contributed by atoms with Crippen LogP contribution in [-0.4, -0.2) is 14.9 Å². The molecule has 3 rings (SSSR count). The van der Waals surface area contributed by atoms with Crippen LogP contribution in [0.15, 0.2) is 84.4 Å². The molecule has 1 atom stereocenters. The average Bonchev–Trinajstić information content (AvgIpc) is 2.68. The van der Waals surface area contributed by atoms with Gasteiger partial charge in [0.25, 0.3) is 0 Å². The third kappa shape index (κ3) is 3.57. The molecule has 3 nitrogen and oxygen atoms in total. The number of nitriles is 1. The van der Waals surface area contributed by atoms with Crippen molar-refractivity contribution in [2.45, 2.75) is 5.03 Å². The van der Waals surface area contributed by atoms with Crippen LogP contribution in [-0.2, 0) is 10.8 Å². The Kier molecular flexibility index (Phi) is 5.17. The molecule has 0 N–H and O–H groups in total. The highest BCUT2D eigenvalue weighted by atomic mass is 32.2. The van der Waals surface area contributed by atoms with Crippen LogP contribution < -0.4 is 0 Å². The molecular weight excluding hydrogens is 328 g/mol. The molecule has 0 bridgehead atoms. The fourth-order valence-corrected chi connectivity index (χ4v) is 3.54. The fraction of sp³-hybridized carbons (Fsp3) is 0.0476. The molecule has 0 aliphatic heterocycles. The van der Waals surface area contributed by atoms with Gasteiger partial charge in [0.1, 0.15) is 11.1 Å². The number of hydrogen-bond donors (Lipinski definition) is 0. The van der Waals surface area contributed by atoms with Gasteiger partial charge in [0.2, 0.25) is 0 Å². The molecule has 0 amide bonds. The van der Waals surface area contributed by atoms with Crippen LogP contribution in [0.3, 0.4) is 0 Å². The molecule has 1 heterocycles. The van der Waals surface area contributed by atoms with Crippen molar-refractivity contribution in [1.82, 2.24) is 4.98 Å². The van der Waals surface area contributed by atoms with Gasteiger partial charge in [0, 0.05) is 16.9 Å². The third-order valence-electron chi connectivity index (χ3n) is 3.74. The Hall–Kier alpha value is -3.03. The molecule has 25 heavy (non-hydrogen) atoms. The lowest BCUT2D eigenvalue weighted by molar-refractivity contribution is 0.682. The lowest BCUT2D eigenvalue weighted by Crippen LogP contribution is -2.05. The number of benzene rings is 2. The van der Waals surface area contributed by atoms with Gasteiger partial charge in [-0.2, -0.15) is 5.26 Å². The summed E-state index contributed by atoms with van der Waals surface area (Å²) < 4.78 is 12.6. The van der Waals surface area contributed by atoms with Crippen molar-refractivity contribution in [2.24, 2.45) is 0 Å². The lowest BCUT2D eigenvalue weighted by Gasteiger charge is -2.12. The van der Waals surface area contributed by atoms with Crippen molar-refractivity contribution in [3.05, 3.63) is 84.9 Å². The van der Waals surface area contributed by atoms with Crippen LogP contribution in [0, 0.1) is 11.3 Å². The lowest BCUT2D eigenvalue weighted by atomic mass is 9.99. The average molecular weight is 344 g/mol. The number of nitrogens with zero attached hydrogens (tertiary/aromatic N) is 2. The van der Waals surface area contributed by atoms with Gasteiger partial charge in [0.05, 0.1) is 22.1 Å². The van der Waals surface area contributed by atoms with Gasteiger partial charge in [-0.05, 0) is 11.6 Å². The Morgan fingerprint density at radius 1 is 1.04 bits per heavy atom. The predicted octanol–water partition coefficient (Wildman–Crippen LogP) is 4.58. The summed E-state index contributed by atoms with van der Waals surface area (Å²) in [7, 11) is -1.41. The van der Waals surface area contributed by atoms with E-state index in [9.17, 15) is 9.47 Å². The Bertz CT molecular complexity index is 960. The van der Waals surface area contributed by atoms with Gasteiger partial charge >= 0.3 is 0 Å².